The molecule has 7 heteroatoms. The van der Waals surface area contributed by atoms with Crippen molar-refractivity contribution < 1.29 is 18.1 Å². The topological polar surface area (TPSA) is 81.2 Å². The minimum absolute atomic E-state index is 0.126. The average Bonchev–Trinajstić information content (AvgIpc) is 3.06. The summed E-state index contributed by atoms with van der Waals surface area (Å²) in [6, 6.07) is 9.55. The maximum Gasteiger partial charge on any atom is 0.293 e. The van der Waals surface area contributed by atoms with Crippen LogP contribution in [-0.4, -0.2) is 16.0 Å². The first-order valence-electron chi connectivity index (χ1n) is 8.33. The monoisotopic (exact) mass is 355 g/mol. The van der Waals surface area contributed by atoms with Crippen molar-refractivity contribution in [2.75, 3.05) is 0 Å². The molecule has 1 saturated carbocycles. The van der Waals surface area contributed by atoms with Gasteiger partial charge in [-0.2, -0.15) is 4.98 Å². The molecule has 0 saturated heterocycles. The fourth-order valence-corrected chi connectivity index (χ4v) is 3.50. The van der Waals surface area contributed by atoms with E-state index in [4.69, 9.17) is 8.94 Å². The molecule has 1 aromatic carbocycles. The number of carbonyl (C=O) groups excluding carboxylic acids is 1. The summed E-state index contributed by atoms with van der Waals surface area (Å²) in [5, 5.41) is 6.74. The van der Waals surface area contributed by atoms with Crippen molar-refractivity contribution in [1.29, 1.82) is 0 Å². The number of furan rings is 1. The molecule has 0 unspecified atom stereocenters. The van der Waals surface area contributed by atoms with Crippen molar-refractivity contribution in [1.82, 2.24) is 15.5 Å². The molecule has 1 fully saturated rings. The van der Waals surface area contributed by atoms with Gasteiger partial charge in [-0.3, -0.25) is 4.79 Å². The fraction of sp³-hybridized carbons (Fsp3) is 0.316. The molecular weight excluding hydrogens is 337 g/mol. The maximum atomic E-state index is 13.2. The van der Waals surface area contributed by atoms with E-state index in [1.807, 2.05) is 13.8 Å². The van der Waals surface area contributed by atoms with Gasteiger partial charge in [-0.1, -0.05) is 31.1 Å². The molecule has 1 aliphatic carbocycles. The molecule has 1 N–H and O–H groups in total. The molecular formula is C19H18FN3O3. The van der Waals surface area contributed by atoms with E-state index in [-0.39, 0.29) is 29.6 Å². The van der Waals surface area contributed by atoms with E-state index >= 15 is 0 Å². The average molecular weight is 355 g/mol. The van der Waals surface area contributed by atoms with Crippen LogP contribution in [-0.2, 0) is 16.8 Å². The summed E-state index contributed by atoms with van der Waals surface area (Å²) in [7, 11) is 0. The highest BCUT2D eigenvalue weighted by molar-refractivity contribution is 5.93. The van der Waals surface area contributed by atoms with Crippen LogP contribution in [0.3, 0.4) is 0 Å². The van der Waals surface area contributed by atoms with Crippen molar-refractivity contribution >= 4 is 5.91 Å². The lowest BCUT2D eigenvalue weighted by molar-refractivity contribution is -0.124. The highest BCUT2D eigenvalue weighted by Crippen LogP contribution is 2.64. The SMILES string of the molecule is CC1(C)C[C@@]1(C(=O)NCc1noc(-c2ccco2)n1)c1ccc(F)cc1. The van der Waals surface area contributed by atoms with E-state index in [1.54, 1.807) is 24.3 Å². The zero-order chi connectivity index (χ0) is 18.4. The second kappa shape index (κ2) is 5.79. The number of rotatable bonds is 5. The number of halogens is 1. The van der Waals surface area contributed by atoms with Crippen LogP contribution in [0.2, 0.25) is 0 Å². The Morgan fingerprint density at radius 1 is 1.27 bits per heavy atom. The molecule has 6 nitrogen and oxygen atoms in total. The van der Waals surface area contributed by atoms with E-state index in [1.165, 1.54) is 18.4 Å². The van der Waals surface area contributed by atoms with E-state index in [0.717, 1.165) is 5.56 Å². The third kappa shape index (κ3) is 2.60. The molecule has 0 spiro atoms. The van der Waals surface area contributed by atoms with E-state index in [0.29, 0.717) is 18.0 Å². The van der Waals surface area contributed by atoms with Gasteiger partial charge in [-0.25, -0.2) is 4.39 Å². The number of carbonyl (C=O) groups is 1. The van der Waals surface area contributed by atoms with Crippen LogP contribution < -0.4 is 5.32 Å². The van der Waals surface area contributed by atoms with Gasteiger partial charge in [0.15, 0.2) is 11.6 Å². The van der Waals surface area contributed by atoms with Gasteiger partial charge in [-0.15, -0.1) is 0 Å². The molecule has 3 aromatic rings. The Kier molecular flexibility index (Phi) is 3.68. The third-order valence-electron chi connectivity index (χ3n) is 5.07. The maximum absolute atomic E-state index is 13.2. The minimum Gasteiger partial charge on any atom is -0.459 e. The smallest absolute Gasteiger partial charge is 0.293 e. The molecule has 0 bridgehead atoms. The van der Waals surface area contributed by atoms with Crippen molar-refractivity contribution in [3.8, 4) is 11.7 Å². The molecule has 2 aromatic heterocycles. The van der Waals surface area contributed by atoms with Crippen LogP contribution in [0.1, 0.15) is 31.7 Å². The summed E-state index contributed by atoms with van der Waals surface area (Å²) in [6.45, 7) is 4.20. The summed E-state index contributed by atoms with van der Waals surface area (Å²) in [5.74, 6) is 0.649. The quantitative estimate of drug-likeness (QED) is 0.758. The van der Waals surface area contributed by atoms with Gasteiger partial charge in [0.25, 0.3) is 5.89 Å². The van der Waals surface area contributed by atoms with Gasteiger partial charge in [0.1, 0.15) is 5.82 Å². The largest absolute Gasteiger partial charge is 0.459 e. The predicted octanol–water partition coefficient (Wildman–Crippen LogP) is 3.45. The zero-order valence-electron chi connectivity index (χ0n) is 14.5. The zero-order valence-corrected chi connectivity index (χ0v) is 14.5. The van der Waals surface area contributed by atoms with Crippen molar-refractivity contribution in [3.63, 3.8) is 0 Å². The lowest BCUT2D eigenvalue weighted by atomic mass is 9.87. The molecule has 26 heavy (non-hydrogen) atoms. The van der Waals surface area contributed by atoms with Gasteiger partial charge in [0, 0.05) is 0 Å². The lowest BCUT2D eigenvalue weighted by Crippen LogP contribution is -2.37. The van der Waals surface area contributed by atoms with Gasteiger partial charge in [-0.05, 0) is 41.7 Å². The first kappa shape index (κ1) is 16.5. The Morgan fingerprint density at radius 3 is 2.62 bits per heavy atom. The van der Waals surface area contributed by atoms with Gasteiger partial charge in [0.2, 0.25) is 5.91 Å². The number of hydrogen-bond donors (Lipinski definition) is 1. The number of aromatic nitrogens is 2. The van der Waals surface area contributed by atoms with Crippen LogP contribution in [0.15, 0.2) is 51.6 Å². The van der Waals surface area contributed by atoms with Crippen LogP contribution in [0.5, 0.6) is 0 Å². The third-order valence-corrected chi connectivity index (χ3v) is 5.07. The van der Waals surface area contributed by atoms with Crippen LogP contribution in [0, 0.1) is 11.2 Å². The molecule has 1 amide bonds. The minimum atomic E-state index is -0.672. The summed E-state index contributed by atoms with van der Waals surface area (Å²) in [5.41, 5.74) is -0.0643. The van der Waals surface area contributed by atoms with Gasteiger partial charge >= 0.3 is 0 Å². The van der Waals surface area contributed by atoms with E-state index in [2.05, 4.69) is 15.5 Å². The summed E-state index contributed by atoms with van der Waals surface area (Å²) in [4.78, 5) is 17.1. The highest BCUT2D eigenvalue weighted by atomic mass is 19.1. The van der Waals surface area contributed by atoms with Crippen molar-refractivity contribution in [2.24, 2.45) is 5.41 Å². The predicted molar refractivity (Wildman–Crippen MR) is 90.3 cm³/mol. The van der Waals surface area contributed by atoms with Gasteiger partial charge in [0.05, 0.1) is 18.2 Å². The number of amides is 1. The summed E-state index contributed by atoms with van der Waals surface area (Å²) in [6.07, 6.45) is 2.21. The standard InChI is InChI=1S/C19H18FN3O3/c1-18(2)11-19(18,12-5-7-13(20)8-6-12)17(24)21-10-15-22-16(26-23-15)14-4-3-9-25-14/h3-9H,10-11H2,1-2H3,(H,21,24)/t19-/m0/s1. The first-order valence-corrected chi connectivity index (χ1v) is 8.33. The Bertz CT molecular complexity index is 931. The Labute approximate surface area is 149 Å². The first-order chi connectivity index (χ1) is 12.4. The van der Waals surface area contributed by atoms with E-state index in [9.17, 15) is 9.18 Å². The lowest BCUT2D eigenvalue weighted by Gasteiger charge is -2.20. The number of hydrogen-bond acceptors (Lipinski definition) is 5. The van der Waals surface area contributed by atoms with Gasteiger partial charge < -0.3 is 14.3 Å². The highest BCUT2D eigenvalue weighted by Gasteiger charge is 2.67. The fourth-order valence-electron chi connectivity index (χ4n) is 3.50. The molecule has 1 aliphatic rings. The Balaban J connectivity index is 1.49. The summed E-state index contributed by atoms with van der Waals surface area (Å²) < 4.78 is 23.6. The molecule has 1 atom stereocenters. The van der Waals surface area contributed by atoms with Crippen LogP contribution >= 0.6 is 0 Å². The molecule has 0 radical (unpaired) electrons. The Morgan fingerprint density at radius 2 is 2.00 bits per heavy atom. The molecule has 2 heterocycles. The van der Waals surface area contributed by atoms with Crippen molar-refractivity contribution in [2.45, 2.75) is 32.2 Å². The number of benzene rings is 1. The van der Waals surface area contributed by atoms with Crippen LogP contribution in [0.4, 0.5) is 4.39 Å². The Hall–Kier alpha value is -2.96. The van der Waals surface area contributed by atoms with Crippen molar-refractivity contribution in [3.05, 3.63) is 59.9 Å². The second-order valence-corrected chi connectivity index (χ2v) is 7.15. The molecule has 4 rings (SSSR count). The second-order valence-electron chi connectivity index (χ2n) is 7.15. The number of nitrogens with one attached hydrogen (secondary N) is 1. The number of nitrogens with zero attached hydrogens (tertiary/aromatic N) is 2. The molecule has 134 valence electrons. The normalized spacial score (nSPS) is 20.7. The molecule has 0 aliphatic heterocycles. The van der Waals surface area contributed by atoms with Crippen LogP contribution in [0.25, 0.3) is 11.7 Å². The van der Waals surface area contributed by atoms with E-state index < -0.39 is 5.41 Å². The summed E-state index contributed by atoms with van der Waals surface area (Å²) >= 11 is 0.